The second kappa shape index (κ2) is 13.8. The molecule has 0 aliphatic carbocycles. The van der Waals surface area contributed by atoms with E-state index < -0.39 is 104 Å². The molecule has 2 amide bonds. The van der Waals surface area contributed by atoms with Crippen LogP contribution in [0.15, 0.2) is 0 Å². The van der Waals surface area contributed by atoms with Crippen molar-refractivity contribution in [1.29, 1.82) is 0 Å². The first-order valence-electron chi connectivity index (χ1n) is 11.7. The van der Waals surface area contributed by atoms with E-state index in [1.807, 2.05) is 0 Å². The van der Waals surface area contributed by atoms with E-state index in [0.29, 0.717) is 0 Å². The summed E-state index contributed by atoms with van der Waals surface area (Å²) in [6, 6.07) is -2.73. The molecule has 16 nitrogen and oxygen atoms in total. The zero-order chi connectivity index (χ0) is 28.7. The molecule has 2 rings (SSSR count). The summed E-state index contributed by atoms with van der Waals surface area (Å²) in [6.07, 6.45) is -11.8. The first-order valence-corrected chi connectivity index (χ1v) is 11.7. The standard InChI is InChI=1S/C22H34N2O14/c1-8(26)23-15-17(31)18(13(6-25)36-21(15)32)38-22-16(24-9(2)27)20(35-12(5)30)19(34-11(4)29)14(37-22)7-33-10(3)28/h13-22,25,31-32H,6-7H2,1-5H3,(H,23,26)(H,24,27)/t13-,14-,15-,16-,17-,18-,19-,20-,21?,22+/m1/s1. The van der Waals surface area contributed by atoms with Crippen LogP contribution in [0.1, 0.15) is 34.6 Å². The molecule has 0 aromatic heterocycles. The van der Waals surface area contributed by atoms with Gasteiger partial charge in [-0.05, 0) is 0 Å². The fourth-order valence-corrected chi connectivity index (χ4v) is 4.20. The Morgan fingerprint density at radius 2 is 1.29 bits per heavy atom. The van der Waals surface area contributed by atoms with E-state index in [2.05, 4.69) is 10.6 Å². The van der Waals surface area contributed by atoms with Crippen LogP contribution in [0.3, 0.4) is 0 Å². The van der Waals surface area contributed by atoms with Gasteiger partial charge in [-0.2, -0.15) is 0 Å². The monoisotopic (exact) mass is 550 g/mol. The molecule has 10 atom stereocenters. The van der Waals surface area contributed by atoms with Crippen LogP contribution in [0.5, 0.6) is 0 Å². The Morgan fingerprint density at radius 1 is 0.737 bits per heavy atom. The van der Waals surface area contributed by atoms with Crippen LogP contribution in [0.4, 0.5) is 0 Å². The number of aliphatic hydroxyl groups is 3. The van der Waals surface area contributed by atoms with Crippen molar-refractivity contribution in [3.63, 3.8) is 0 Å². The van der Waals surface area contributed by atoms with Crippen LogP contribution in [0.25, 0.3) is 0 Å². The summed E-state index contributed by atoms with van der Waals surface area (Å²) in [5.41, 5.74) is 0. The van der Waals surface area contributed by atoms with Gasteiger partial charge in [0, 0.05) is 34.6 Å². The molecule has 0 aromatic rings. The average Bonchev–Trinajstić information content (AvgIpc) is 2.79. The molecule has 1 unspecified atom stereocenters. The maximum Gasteiger partial charge on any atom is 0.303 e. The molecule has 16 heteroatoms. The fraction of sp³-hybridized carbons (Fsp3) is 0.773. The molecule has 2 saturated heterocycles. The van der Waals surface area contributed by atoms with E-state index in [0.717, 1.165) is 34.6 Å². The minimum Gasteiger partial charge on any atom is -0.463 e. The van der Waals surface area contributed by atoms with Crippen molar-refractivity contribution in [2.24, 2.45) is 0 Å². The highest BCUT2D eigenvalue weighted by Gasteiger charge is 2.54. The molecule has 2 fully saturated rings. The summed E-state index contributed by atoms with van der Waals surface area (Å²) >= 11 is 0. The Bertz CT molecular complexity index is 884. The van der Waals surface area contributed by atoms with E-state index in [4.69, 9.17) is 28.4 Å². The summed E-state index contributed by atoms with van der Waals surface area (Å²) in [4.78, 5) is 58.9. The van der Waals surface area contributed by atoms with Crippen molar-refractivity contribution in [3.8, 4) is 0 Å². The van der Waals surface area contributed by atoms with Gasteiger partial charge in [0.1, 0.15) is 43.1 Å². The molecule has 2 aliphatic heterocycles. The lowest BCUT2D eigenvalue weighted by Gasteiger charge is -2.48. The zero-order valence-corrected chi connectivity index (χ0v) is 21.5. The smallest absolute Gasteiger partial charge is 0.303 e. The average molecular weight is 551 g/mol. The summed E-state index contributed by atoms with van der Waals surface area (Å²) < 4.78 is 32.8. The third kappa shape index (κ3) is 8.31. The number of ether oxygens (including phenoxy) is 6. The number of amides is 2. The third-order valence-corrected chi connectivity index (χ3v) is 5.60. The minimum atomic E-state index is -1.71. The summed E-state index contributed by atoms with van der Waals surface area (Å²) in [6.45, 7) is 4.33. The number of nitrogens with one attached hydrogen (secondary N) is 2. The van der Waals surface area contributed by atoms with Crippen molar-refractivity contribution in [1.82, 2.24) is 10.6 Å². The number of aliphatic hydroxyl groups excluding tert-OH is 3. The Hall–Kier alpha value is -2.89. The Balaban J connectivity index is 2.50. The van der Waals surface area contributed by atoms with Crippen molar-refractivity contribution in [2.45, 2.75) is 95.9 Å². The van der Waals surface area contributed by atoms with E-state index in [1.165, 1.54) is 0 Å². The number of hydrogen-bond donors (Lipinski definition) is 5. The summed E-state index contributed by atoms with van der Waals surface area (Å²) in [5.74, 6) is -3.56. The van der Waals surface area contributed by atoms with Crippen LogP contribution in [0, 0.1) is 0 Å². The number of hydrogen-bond acceptors (Lipinski definition) is 14. The largest absolute Gasteiger partial charge is 0.463 e. The van der Waals surface area contributed by atoms with Gasteiger partial charge in [-0.1, -0.05) is 0 Å². The van der Waals surface area contributed by atoms with Crippen LogP contribution in [-0.2, 0) is 52.4 Å². The molecule has 2 heterocycles. The molecule has 0 bridgehead atoms. The maximum absolute atomic E-state index is 12.1. The highest BCUT2D eigenvalue weighted by Crippen LogP contribution is 2.31. The van der Waals surface area contributed by atoms with Crippen LogP contribution in [-0.4, -0.2) is 120 Å². The molecule has 216 valence electrons. The molecule has 0 radical (unpaired) electrons. The van der Waals surface area contributed by atoms with Gasteiger partial charge >= 0.3 is 17.9 Å². The Morgan fingerprint density at radius 3 is 1.79 bits per heavy atom. The molecule has 38 heavy (non-hydrogen) atoms. The van der Waals surface area contributed by atoms with Crippen molar-refractivity contribution in [3.05, 3.63) is 0 Å². The SMILES string of the molecule is CC(=O)N[C@H]1[C@H](O[C@H]2[C@H](O)[C@@H](NC(C)=O)C(O)O[C@@H]2CO)O[C@H](COC(C)=O)[C@@H](OC(C)=O)[C@@H]1OC(C)=O. The number of esters is 3. The topological polar surface area (TPSA) is 225 Å². The Kier molecular flexibility index (Phi) is 11.4. The van der Waals surface area contributed by atoms with Gasteiger partial charge in [0.05, 0.1) is 6.61 Å². The lowest BCUT2D eigenvalue weighted by atomic mass is 9.94. The first kappa shape index (κ1) is 31.3. The lowest BCUT2D eigenvalue weighted by Crippen LogP contribution is -2.70. The summed E-state index contributed by atoms with van der Waals surface area (Å²) in [7, 11) is 0. The fourth-order valence-electron chi connectivity index (χ4n) is 4.20. The minimum absolute atomic E-state index is 0.488. The number of carbonyl (C=O) groups is 5. The van der Waals surface area contributed by atoms with Gasteiger partial charge in [0.25, 0.3) is 0 Å². The second-order valence-electron chi connectivity index (χ2n) is 8.79. The molecule has 0 spiro atoms. The van der Waals surface area contributed by atoms with Gasteiger partial charge in [-0.25, -0.2) is 0 Å². The quantitative estimate of drug-likeness (QED) is 0.139. The van der Waals surface area contributed by atoms with Gasteiger partial charge in [-0.3, -0.25) is 24.0 Å². The second-order valence-corrected chi connectivity index (χ2v) is 8.79. The highest BCUT2D eigenvalue weighted by molar-refractivity contribution is 5.74. The van der Waals surface area contributed by atoms with E-state index in [1.54, 1.807) is 0 Å². The Labute approximate surface area is 217 Å². The van der Waals surface area contributed by atoms with E-state index in [9.17, 15) is 39.3 Å². The molecule has 5 N–H and O–H groups in total. The van der Waals surface area contributed by atoms with Gasteiger partial charge in [0.2, 0.25) is 11.8 Å². The highest BCUT2D eigenvalue weighted by atomic mass is 16.7. The predicted molar refractivity (Wildman–Crippen MR) is 120 cm³/mol. The van der Waals surface area contributed by atoms with E-state index >= 15 is 0 Å². The molecular weight excluding hydrogens is 516 g/mol. The first-order chi connectivity index (χ1) is 17.7. The van der Waals surface area contributed by atoms with Crippen LogP contribution in [0.2, 0.25) is 0 Å². The molecule has 0 aromatic carbocycles. The van der Waals surface area contributed by atoms with Gasteiger partial charge in [-0.15, -0.1) is 0 Å². The number of carbonyl (C=O) groups excluding carboxylic acids is 5. The number of rotatable bonds is 9. The zero-order valence-electron chi connectivity index (χ0n) is 21.5. The van der Waals surface area contributed by atoms with E-state index in [-0.39, 0.29) is 0 Å². The van der Waals surface area contributed by atoms with Gasteiger partial charge < -0.3 is 54.4 Å². The van der Waals surface area contributed by atoms with Crippen molar-refractivity contribution >= 4 is 29.7 Å². The molecule has 0 saturated carbocycles. The van der Waals surface area contributed by atoms with Crippen LogP contribution >= 0.6 is 0 Å². The third-order valence-electron chi connectivity index (χ3n) is 5.60. The van der Waals surface area contributed by atoms with Crippen molar-refractivity contribution < 1.29 is 67.7 Å². The maximum atomic E-state index is 12.1. The lowest BCUT2D eigenvalue weighted by molar-refractivity contribution is -0.329. The summed E-state index contributed by atoms with van der Waals surface area (Å²) in [5, 5.41) is 35.7. The normalized spacial score (nSPS) is 34.9. The predicted octanol–water partition coefficient (Wildman–Crippen LogP) is -3.40. The van der Waals surface area contributed by atoms with Crippen molar-refractivity contribution in [2.75, 3.05) is 13.2 Å². The van der Waals surface area contributed by atoms with Crippen LogP contribution < -0.4 is 10.6 Å². The molecular formula is C22H34N2O14. The van der Waals surface area contributed by atoms with Gasteiger partial charge in [0.15, 0.2) is 24.8 Å². The molecule has 2 aliphatic rings.